The average molecular weight is 565 g/mol. The van der Waals surface area contributed by atoms with Crippen LogP contribution in [0.15, 0.2) is 134 Å². The highest BCUT2D eigenvalue weighted by atomic mass is 15.0. The van der Waals surface area contributed by atoms with Crippen molar-refractivity contribution in [3.05, 3.63) is 145 Å². The lowest BCUT2D eigenvalue weighted by molar-refractivity contribution is 0.630. The first-order valence-corrected chi connectivity index (χ1v) is 15.0. The van der Waals surface area contributed by atoms with Crippen molar-refractivity contribution in [1.29, 1.82) is 0 Å². The van der Waals surface area contributed by atoms with E-state index < -0.39 is 0 Å². The van der Waals surface area contributed by atoms with Crippen molar-refractivity contribution in [3.8, 4) is 39.6 Å². The van der Waals surface area contributed by atoms with Crippen LogP contribution in [0.5, 0.6) is 0 Å². The van der Waals surface area contributed by atoms with Crippen molar-refractivity contribution in [3.63, 3.8) is 0 Å². The molecule has 0 N–H and O–H groups in total. The quantitative estimate of drug-likeness (QED) is 0.215. The van der Waals surface area contributed by atoms with E-state index >= 15 is 0 Å². The van der Waals surface area contributed by atoms with Crippen LogP contribution in [0.1, 0.15) is 25.0 Å². The zero-order chi connectivity index (χ0) is 29.4. The van der Waals surface area contributed by atoms with Crippen molar-refractivity contribution >= 4 is 32.6 Å². The Morgan fingerprint density at radius 2 is 1.25 bits per heavy atom. The van der Waals surface area contributed by atoms with Crippen LogP contribution in [0.3, 0.4) is 0 Å². The molecule has 0 saturated heterocycles. The molecule has 4 aromatic carbocycles. The van der Waals surface area contributed by atoms with E-state index in [1.165, 1.54) is 49.4 Å². The maximum atomic E-state index is 4.99. The molecule has 0 unspecified atom stereocenters. The molecule has 1 aliphatic rings. The Bertz CT molecular complexity index is 2350. The van der Waals surface area contributed by atoms with Gasteiger partial charge in [0.1, 0.15) is 0 Å². The molecule has 1 aliphatic heterocycles. The zero-order valence-corrected chi connectivity index (χ0v) is 24.5. The molecule has 0 amide bonds. The fourth-order valence-electron chi connectivity index (χ4n) is 7.14. The smallest absolute Gasteiger partial charge is 0.0900 e. The third-order valence-corrected chi connectivity index (χ3v) is 9.27. The second-order valence-electron chi connectivity index (χ2n) is 12.1. The highest BCUT2D eigenvalue weighted by Crippen LogP contribution is 2.49. The predicted molar refractivity (Wildman–Crippen MR) is 180 cm³/mol. The summed E-state index contributed by atoms with van der Waals surface area (Å²) >= 11 is 0. The number of rotatable bonds is 3. The van der Waals surface area contributed by atoms with Gasteiger partial charge in [0.25, 0.3) is 0 Å². The first-order valence-electron chi connectivity index (χ1n) is 15.0. The van der Waals surface area contributed by atoms with Crippen molar-refractivity contribution < 1.29 is 0 Å². The van der Waals surface area contributed by atoms with Gasteiger partial charge in [-0.2, -0.15) is 0 Å². The van der Waals surface area contributed by atoms with Gasteiger partial charge in [0, 0.05) is 28.6 Å². The van der Waals surface area contributed by atoms with Crippen molar-refractivity contribution in [2.75, 3.05) is 0 Å². The maximum Gasteiger partial charge on any atom is 0.0900 e. The first-order chi connectivity index (χ1) is 21.6. The van der Waals surface area contributed by atoms with Crippen LogP contribution in [0, 0.1) is 0 Å². The van der Waals surface area contributed by atoms with E-state index in [2.05, 4.69) is 113 Å². The Hall–Kier alpha value is -5.61. The highest BCUT2D eigenvalue weighted by Gasteiger charge is 2.35. The minimum atomic E-state index is -0.203. The summed E-state index contributed by atoms with van der Waals surface area (Å²) in [5.41, 5.74) is 11.8. The van der Waals surface area contributed by atoms with Crippen molar-refractivity contribution in [1.82, 2.24) is 19.5 Å². The SMILES string of the molecule is CC1(C)c2cc(-c3cc(-c4ccccn4)nc(-c4ccccn4)c3)ccc2-n2c3ccc4ccccc4c3c3cccc1c32. The molecule has 4 nitrogen and oxygen atoms in total. The summed E-state index contributed by atoms with van der Waals surface area (Å²) in [6, 6.07) is 43.2. The Balaban J connectivity index is 1.30. The number of hydrogen-bond acceptors (Lipinski definition) is 3. The summed E-state index contributed by atoms with van der Waals surface area (Å²) in [5, 5.41) is 5.20. The van der Waals surface area contributed by atoms with Crippen LogP contribution in [-0.4, -0.2) is 19.5 Å². The van der Waals surface area contributed by atoms with Gasteiger partial charge in [-0.05, 0) is 87.6 Å². The number of pyridine rings is 3. The number of benzene rings is 4. The van der Waals surface area contributed by atoms with E-state index in [1.54, 1.807) is 0 Å². The van der Waals surface area contributed by atoms with Gasteiger partial charge in [-0.25, -0.2) is 4.98 Å². The van der Waals surface area contributed by atoms with Gasteiger partial charge in [0.05, 0.1) is 39.5 Å². The molecule has 4 heteroatoms. The number of fused-ring (bicyclic) bond motifs is 7. The highest BCUT2D eigenvalue weighted by molar-refractivity contribution is 6.22. The molecular formula is C40H28N4. The fraction of sp³-hybridized carbons (Fsp3) is 0.0750. The monoisotopic (exact) mass is 564 g/mol. The molecule has 5 heterocycles. The lowest BCUT2D eigenvalue weighted by Gasteiger charge is -2.35. The lowest BCUT2D eigenvalue weighted by Crippen LogP contribution is -2.26. The summed E-state index contributed by atoms with van der Waals surface area (Å²) in [7, 11) is 0. The molecule has 0 atom stereocenters. The first kappa shape index (κ1) is 24.9. The second-order valence-corrected chi connectivity index (χ2v) is 12.1. The molecule has 0 aliphatic carbocycles. The molecular weight excluding hydrogens is 536 g/mol. The Kier molecular flexibility index (Phi) is 5.21. The standard InChI is InChI=1S/C40H28N4/c1-40(2)30-13-9-12-29-38-28-11-4-3-10-25(28)16-19-37(38)44(39(29)30)36-18-17-26(22-31(36)40)27-23-34(32-14-5-7-20-41-32)43-35(24-27)33-15-6-8-21-42-33/h3-24H,1-2H3. The Labute approximate surface area is 255 Å². The molecule has 44 heavy (non-hydrogen) atoms. The van der Waals surface area contributed by atoms with Gasteiger partial charge in [0.15, 0.2) is 0 Å². The lowest BCUT2D eigenvalue weighted by atomic mass is 9.74. The zero-order valence-electron chi connectivity index (χ0n) is 24.5. The van der Waals surface area contributed by atoms with Crippen LogP contribution in [-0.2, 0) is 5.41 Å². The van der Waals surface area contributed by atoms with Gasteiger partial charge < -0.3 is 4.57 Å². The number of aromatic nitrogens is 4. The number of hydrogen-bond donors (Lipinski definition) is 0. The summed E-state index contributed by atoms with van der Waals surface area (Å²) in [4.78, 5) is 14.2. The van der Waals surface area contributed by atoms with E-state index in [1.807, 2.05) is 48.8 Å². The molecule has 0 radical (unpaired) electrons. The fourth-order valence-corrected chi connectivity index (χ4v) is 7.14. The maximum absolute atomic E-state index is 4.99. The minimum absolute atomic E-state index is 0.203. The van der Waals surface area contributed by atoms with E-state index in [0.717, 1.165) is 33.9 Å². The van der Waals surface area contributed by atoms with Crippen molar-refractivity contribution in [2.24, 2.45) is 0 Å². The van der Waals surface area contributed by atoms with E-state index in [0.29, 0.717) is 0 Å². The third kappa shape index (κ3) is 3.54. The van der Waals surface area contributed by atoms with Crippen LogP contribution < -0.4 is 0 Å². The number of nitrogens with zero attached hydrogens (tertiary/aromatic N) is 4. The van der Waals surface area contributed by atoms with Crippen molar-refractivity contribution in [2.45, 2.75) is 19.3 Å². The van der Waals surface area contributed by atoms with Crippen LogP contribution >= 0.6 is 0 Å². The van der Waals surface area contributed by atoms with Crippen LogP contribution in [0.4, 0.5) is 0 Å². The molecule has 0 spiro atoms. The average Bonchev–Trinajstić information content (AvgIpc) is 3.43. The van der Waals surface area contributed by atoms with Crippen LogP contribution in [0.2, 0.25) is 0 Å². The summed E-state index contributed by atoms with van der Waals surface area (Å²) < 4.78 is 2.49. The molecule has 4 aromatic heterocycles. The predicted octanol–water partition coefficient (Wildman–Crippen LogP) is 9.76. The van der Waals surface area contributed by atoms with Gasteiger partial charge in [0.2, 0.25) is 0 Å². The summed E-state index contributed by atoms with van der Waals surface area (Å²) in [6.45, 7) is 4.71. The molecule has 0 fully saturated rings. The van der Waals surface area contributed by atoms with Crippen LogP contribution in [0.25, 0.3) is 72.2 Å². The normalized spacial score (nSPS) is 13.4. The Morgan fingerprint density at radius 1 is 0.545 bits per heavy atom. The number of para-hydroxylation sites is 1. The molecule has 0 bridgehead atoms. The third-order valence-electron chi connectivity index (χ3n) is 9.27. The summed E-state index contributed by atoms with van der Waals surface area (Å²) in [5.74, 6) is 0. The largest absolute Gasteiger partial charge is 0.309 e. The van der Waals surface area contributed by atoms with Gasteiger partial charge >= 0.3 is 0 Å². The molecule has 0 saturated carbocycles. The van der Waals surface area contributed by atoms with E-state index in [9.17, 15) is 0 Å². The molecule has 208 valence electrons. The second kappa shape index (κ2) is 9.19. The Morgan fingerprint density at radius 3 is 1.98 bits per heavy atom. The van der Waals surface area contributed by atoms with E-state index in [4.69, 9.17) is 4.98 Å². The minimum Gasteiger partial charge on any atom is -0.309 e. The van der Waals surface area contributed by atoms with Gasteiger partial charge in [-0.15, -0.1) is 0 Å². The van der Waals surface area contributed by atoms with Gasteiger partial charge in [-0.3, -0.25) is 9.97 Å². The molecule has 8 aromatic rings. The molecule has 9 rings (SSSR count). The summed E-state index contributed by atoms with van der Waals surface area (Å²) in [6.07, 6.45) is 3.63. The topological polar surface area (TPSA) is 43.6 Å². The van der Waals surface area contributed by atoms with E-state index in [-0.39, 0.29) is 5.41 Å². The van der Waals surface area contributed by atoms with Gasteiger partial charge in [-0.1, -0.05) is 80.6 Å².